The van der Waals surface area contributed by atoms with Gasteiger partial charge in [-0.3, -0.25) is 14.6 Å². The number of carbonyl (C=O) groups excluding carboxylic acids is 2. The van der Waals surface area contributed by atoms with Crippen LogP contribution >= 0.6 is 0 Å². The van der Waals surface area contributed by atoms with Crippen molar-refractivity contribution >= 4 is 22.7 Å². The summed E-state index contributed by atoms with van der Waals surface area (Å²) in [6.07, 6.45) is 8.83. The van der Waals surface area contributed by atoms with Crippen molar-refractivity contribution in [1.82, 2.24) is 20.4 Å². The van der Waals surface area contributed by atoms with Crippen LogP contribution < -0.4 is 5.32 Å². The molecule has 0 bridgehead atoms. The molecule has 1 saturated heterocycles. The Balaban J connectivity index is 1.34. The highest BCUT2D eigenvalue weighted by Crippen LogP contribution is 2.37. The Kier molecular flexibility index (Phi) is 5.87. The van der Waals surface area contributed by atoms with Crippen LogP contribution in [0.4, 0.5) is 0 Å². The van der Waals surface area contributed by atoms with E-state index in [1.807, 2.05) is 36.4 Å². The molecule has 5 rings (SSSR count). The van der Waals surface area contributed by atoms with Gasteiger partial charge in [-0.2, -0.15) is 0 Å². The number of pyridine rings is 1. The zero-order chi connectivity index (χ0) is 22.8. The van der Waals surface area contributed by atoms with Crippen LogP contribution in [0.5, 0.6) is 0 Å². The fraction of sp³-hybridized carbons (Fsp3) is 0.462. The van der Waals surface area contributed by atoms with Gasteiger partial charge in [0.2, 0.25) is 5.91 Å². The number of likely N-dealkylation sites (tertiary alicyclic amines) is 1. The van der Waals surface area contributed by atoms with Gasteiger partial charge in [-0.1, -0.05) is 30.5 Å². The number of nitrogens with one attached hydrogen (secondary N) is 1. The molecular formula is C26H30N4O3. The molecule has 1 atom stereocenters. The zero-order valence-corrected chi connectivity index (χ0v) is 19.0. The van der Waals surface area contributed by atoms with E-state index in [1.54, 1.807) is 18.1 Å². The number of aromatic nitrogens is 2. The van der Waals surface area contributed by atoms with Crippen LogP contribution in [0.3, 0.4) is 0 Å². The predicted molar refractivity (Wildman–Crippen MR) is 125 cm³/mol. The van der Waals surface area contributed by atoms with E-state index in [9.17, 15) is 9.59 Å². The molecule has 1 aromatic carbocycles. The van der Waals surface area contributed by atoms with Gasteiger partial charge in [-0.05, 0) is 43.5 Å². The van der Waals surface area contributed by atoms with Gasteiger partial charge in [0.15, 0.2) is 0 Å². The molecule has 0 unspecified atom stereocenters. The second kappa shape index (κ2) is 8.96. The maximum atomic E-state index is 13.3. The largest absolute Gasteiger partial charge is 0.361 e. The third kappa shape index (κ3) is 4.24. The van der Waals surface area contributed by atoms with Crippen molar-refractivity contribution < 1.29 is 14.1 Å². The predicted octanol–water partition coefficient (Wildman–Crippen LogP) is 4.09. The molecule has 3 heterocycles. The van der Waals surface area contributed by atoms with Crippen molar-refractivity contribution in [2.45, 2.75) is 50.9 Å². The van der Waals surface area contributed by atoms with Crippen molar-refractivity contribution in [1.29, 1.82) is 0 Å². The van der Waals surface area contributed by atoms with E-state index in [0.717, 1.165) is 35.2 Å². The molecule has 1 N–H and O–H groups in total. The van der Waals surface area contributed by atoms with Gasteiger partial charge < -0.3 is 14.7 Å². The van der Waals surface area contributed by atoms with Gasteiger partial charge in [-0.25, -0.2) is 0 Å². The fourth-order valence-electron chi connectivity index (χ4n) is 5.45. The molecule has 2 amide bonds. The van der Waals surface area contributed by atoms with Crippen LogP contribution in [-0.2, 0) is 11.2 Å². The highest BCUT2D eigenvalue weighted by Gasteiger charge is 2.46. The van der Waals surface area contributed by atoms with Gasteiger partial charge in [0.05, 0.1) is 16.6 Å². The van der Waals surface area contributed by atoms with Crippen LogP contribution in [0.15, 0.2) is 47.1 Å². The van der Waals surface area contributed by atoms with E-state index in [-0.39, 0.29) is 11.8 Å². The fourth-order valence-corrected chi connectivity index (χ4v) is 5.45. The first kappa shape index (κ1) is 21.6. The smallest absolute Gasteiger partial charge is 0.253 e. The lowest BCUT2D eigenvalue weighted by Crippen LogP contribution is -2.44. The van der Waals surface area contributed by atoms with Crippen molar-refractivity contribution in [2.24, 2.45) is 5.41 Å². The monoisotopic (exact) mass is 446 g/mol. The lowest BCUT2D eigenvalue weighted by atomic mass is 9.81. The summed E-state index contributed by atoms with van der Waals surface area (Å²) in [6.45, 7) is 0.886. The Hall–Kier alpha value is -3.22. The number of benzene rings is 1. The van der Waals surface area contributed by atoms with E-state index in [4.69, 9.17) is 4.52 Å². The van der Waals surface area contributed by atoms with E-state index >= 15 is 0 Å². The van der Waals surface area contributed by atoms with Crippen molar-refractivity contribution in [2.75, 3.05) is 20.1 Å². The molecule has 2 fully saturated rings. The highest BCUT2D eigenvalue weighted by molar-refractivity contribution is 5.98. The maximum Gasteiger partial charge on any atom is 0.253 e. The third-order valence-corrected chi connectivity index (χ3v) is 7.31. The van der Waals surface area contributed by atoms with Gasteiger partial charge >= 0.3 is 0 Å². The second-order valence-electron chi connectivity index (χ2n) is 9.48. The van der Waals surface area contributed by atoms with E-state index < -0.39 is 5.41 Å². The minimum absolute atomic E-state index is 0.0591. The Labute approximate surface area is 193 Å². The zero-order valence-electron chi connectivity index (χ0n) is 19.0. The number of hydrogen-bond acceptors (Lipinski definition) is 5. The number of rotatable bonds is 5. The van der Waals surface area contributed by atoms with Crippen LogP contribution in [0.2, 0.25) is 0 Å². The average molecular weight is 447 g/mol. The Morgan fingerprint density at radius 1 is 1.18 bits per heavy atom. The lowest BCUT2D eigenvalue weighted by molar-refractivity contribution is -0.130. The Bertz CT molecular complexity index is 1170. The number of fused-ring (bicyclic) bond motifs is 1. The van der Waals surface area contributed by atoms with Gasteiger partial charge in [-0.15, -0.1) is 0 Å². The van der Waals surface area contributed by atoms with Crippen molar-refractivity contribution in [3.8, 4) is 0 Å². The van der Waals surface area contributed by atoms with Gasteiger partial charge in [0.25, 0.3) is 5.91 Å². The van der Waals surface area contributed by atoms with Gasteiger partial charge in [0, 0.05) is 55.7 Å². The molecule has 7 heteroatoms. The quantitative estimate of drug-likeness (QED) is 0.638. The number of nitrogens with zero attached hydrogens (tertiary/aromatic N) is 3. The summed E-state index contributed by atoms with van der Waals surface area (Å²) < 4.78 is 5.69. The Morgan fingerprint density at radius 2 is 2.03 bits per heavy atom. The molecule has 1 saturated carbocycles. The SMILES string of the molecule is CNC(=O)[C@]1(Cc2cc(C3CCCCC3)no2)CCN(C(=O)c2ccc3ncccc3c2)C1. The van der Waals surface area contributed by atoms with E-state index in [1.165, 1.54) is 19.3 Å². The summed E-state index contributed by atoms with van der Waals surface area (Å²) in [6, 6.07) is 11.4. The Morgan fingerprint density at radius 3 is 2.85 bits per heavy atom. The van der Waals surface area contributed by atoms with Crippen LogP contribution in [0.25, 0.3) is 10.9 Å². The summed E-state index contributed by atoms with van der Waals surface area (Å²) in [5.74, 6) is 1.06. The average Bonchev–Trinajstić information content (AvgIpc) is 3.52. The van der Waals surface area contributed by atoms with Crippen LogP contribution in [-0.4, -0.2) is 47.0 Å². The standard InChI is InChI=1S/C26H30N4O3/c1-27-25(32)26(16-21-15-23(29-33-21)18-6-3-2-4-7-18)11-13-30(17-26)24(31)20-9-10-22-19(14-20)8-5-12-28-22/h5,8-10,12,14-15,18H,2-4,6-7,11,13,16-17H2,1H3,(H,27,32)/t26-/m0/s1. The maximum absolute atomic E-state index is 13.3. The van der Waals surface area contributed by atoms with Crippen molar-refractivity contribution in [3.63, 3.8) is 0 Å². The molecule has 3 aromatic rings. The molecule has 2 aliphatic rings. The molecule has 0 spiro atoms. The van der Waals surface area contributed by atoms with Crippen LogP contribution in [0.1, 0.15) is 66.3 Å². The summed E-state index contributed by atoms with van der Waals surface area (Å²) in [5.41, 5.74) is 1.76. The molecule has 2 aromatic heterocycles. The normalized spacial score (nSPS) is 21.4. The first-order valence-corrected chi connectivity index (χ1v) is 11.9. The topological polar surface area (TPSA) is 88.3 Å². The third-order valence-electron chi connectivity index (χ3n) is 7.31. The minimum atomic E-state index is -0.716. The molecule has 33 heavy (non-hydrogen) atoms. The number of carbonyl (C=O) groups is 2. The summed E-state index contributed by atoms with van der Waals surface area (Å²) >= 11 is 0. The molecule has 7 nitrogen and oxygen atoms in total. The molecule has 0 radical (unpaired) electrons. The van der Waals surface area contributed by atoms with Gasteiger partial charge in [0.1, 0.15) is 5.76 Å². The first-order valence-electron chi connectivity index (χ1n) is 11.9. The summed E-state index contributed by atoms with van der Waals surface area (Å²) in [5, 5.41) is 8.08. The molecular weight excluding hydrogens is 416 g/mol. The van der Waals surface area contributed by atoms with Crippen LogP contribution in [0, 0.1) is 5.41 Å². The van der Waals surface area contributed by atoms with E-state index in [0.29, 0.717) is 37.4 Å². The summed E-state index contributed by atoms with van der Waals surface area (Å²) in [4.78, 5) is 32.4. The lowest BCUT2D eigenvalue weighted by Gasteiger charge is -2.26. The van der Waals surface area contributed by atoms with E-state index in [2.05, 4.69) is 15.5 Å². The van der Waals surface area contributed by atoms with Crippen molar-refractivity contribution in [3.05, 3.63) is 59.6 Å². The molecule has 1 aliphatic heterocycles. The highest BCUT2D eigenvalue weighted by atomic mass is 16.5. The number of hydrogen-bond donors (Lipinski definition) is 1. The molecule has 1 aliphatic carbocycles. The summed E-state index contributed by atoms with van der Waals surface area (Å²) in [7, 11) is 1.65. The first-order chi connectivity index (χ1) is 16.1. The minimum Gasteiger partial charge on any atom is -0.361 e. The molecule has 172 valence electrons. The second-order valence-corrected chi connectivity index (χ2v) is 9.48. The number of amides is 2.